The lowest BCUT2D eigenvalue weighted by molar-refractivity contribution is 0.559. The minimum Gasteiger partial charge on any atom is -0.381 e. The number of anilines is 1. The number of hydrogen-bond acceptors (Lipinski definition) is 2. The van der Waals surface area contributed by atoms with Gasteiger partial charge in [0, 0.05) is 17.8 Å². The van der Waals surface area contributed by atoms with Gasteiger partial charge in [0.05, 0.1) is 11.6 Å². The zero-order valence-electron chi connectivity index (χ0n) is 11.4. The van der Waals surface area contributed by atoms with Gasteiger partial charge in [-0.15, -0.1) is 0 Å². The second-order valence-electron chi connectivity index (χ2n) is 5.22. The molecule has 106 valence electrons. The molecule has 1 N–H and O–H groups in total. The van der Waals surface area contributed by atoms with Crippen LogP contribution in [0.15, 0.2) is 30.3 Å². The summed E-state index contributed by atoms with van der Waals surface area (Å²) in [6, 6.07) is 9.90. The summed E-state index contributed by atoms with van der Waals surface area (Å²) >= 11 is 0. The third-order valence-electron chi connectivity index (χ3n) is 3.84. The van der Waals surface area contributed by atoms with Crippen LogP contribution < -0.4 is 5.32 Å². The zero-order chi connectivity index (χ0) is 14.8. The molecule has 1 aliphatic rings. The average Bonchev–Trinajstić information content (AvgIpc) is 2.93. The van der Waals surface area contributed by atoms with E-state index < -0.39 is 11.6 Å². The van der Waals surface area contributed by atoms with Crippen LogP contribution in [0.5, 0.6) is 0 Å². The van der Waals surface area contributed by atoms with E-state index >= 15 is 0 Å². The Bertz CT molecular complexity index is 709. The molecule has 3 rings (SSSR count). The fourth-order valence-electron chi connectivity index (χ4n) is 2.71. The van der Waals surface area contributed by atoms with Gasteiger partial charge in [-0.3, -0.25) is 0 Å². The number of halogens is 2. The molecule has 0 saturated carbocycles. The number of aryl methyl sites for hydroxylation is 2. The monoisotopic (exact) mass is 284 g/mol. The van der Waals surface area contributed by atoms with E-state index in [2.05, 4.69) is 11.4 Å². The molecule has 21 heavy (non-hydrogen) atoms. The Balaban J connectivity index is 1.78. The predicted octanol–water partition coefficient (Wildman–Crippen LogP) is 3.94. The lowest BCUT2D eigenvalue weighted by Crippen LogP contribution is -2.05. The predicted molar refractivity (Wildman–Crippen MR) is 76.9 cm³/mol. The van der Waals surface area contributed by atoms with Gasteiger partial charge in [0.25, 0.3) is 0 Å². The van der Waals surface area contributed by atoms with Crippen LogP contribution in [0.2, 0.25) is 0 Å². The molecule has 0 fully saturated rings. The van der Waals surface area contributed by atoms with Crippen molar-refractivity contribution in [1.29, 1.82) is 5.26 Å². The number of rotatable bonds is 3. The maximum Gasteiger partial charge on any atom is 0.132 e. The van der Waals surface area contributed by atoms with Crippen molar-refractivity contribution in [1.82, 2.24) is 0 Å². The van der Waals surface area contributed by atoms with E-state index in [0.29, 0.717) is 0 Å². The van der Waals surface area contributed by atoms with E-state index in [1.165, 1.54) is 11.1 Å². The van der Waals surface area contributed by atoms with Crippen molar-refractivity contribution in [3.8, 4) is 6.07 Å². The Morgan fingerprint density at radius 3 is 2.48 bits per heavy atom. The third kappa shape index (κ3) is 2.73. The van der Waals surface area contributed by atoms with Crippen molar-refractivity contribution in [3.63, 3.8) is 0 Å². The summed E-state index contributed by atoms with van der Waals surface area (Å²) in [6.07, 6.45) is 3.33. The van der Waals surface area contributed by atoms with Crippen LogP contribution >= 0.6 is 0 Å². The molecule has 2 aromatic carbocycles. The molecule has 2 nitrogen and oxygen atoms in total. The summed E-state index contributed by atoms with van der Waals surface area (Å²) in [5.41, 5.74) is 3.47. The van der Waals surface area contributed by atoms with Gasteiger partial charge in [-0.05, 0) is 54.7 Å². The highest BCUT2D eigenvalue weighted by molar-refractivity contribution is 5.50. The summed E-state index contributed by atoms with van der Waals surface area (Å²) in [5, 5.41) is 11.7. The molecule has 1 aliphatic carbocycles. The number of hydrogen-bond donors (Lipinski definition) is 1. The molecule has 0 amide bonds. The second kappa shape index (κ2) is 5.53. The van der Waals surface area contributed by atoms with Crippen molar-refractivity contribution >= 4 is 5.69 Å². The zero-order valence-corrected chi connectivity index (χ0v) is 11.4. The third-order valence-corrected chi connectivity index (χ3v) is 3.84. The highest BCUT2D eigenvalue weighted by Gasteiger charge is 2.13. The lowest BCUT2D eigenvalue weighted by atomic mass is 10.1. The number of benzene rings is 2. The quantitative estimate of drug-likeness (QED) is 0.926. The molecular formula is C17H14F2N2. The molecule has 0 bridgehead atoms. The Hall–Kier alpha value is -2.41. The molecule has 0 saturated heterocycles. The van der Waals surface area contributed by atoms with Crippen molar-refractivity contribution in [2.24, 2.45) is 0 Å². The Morgan fingerprint density at radius 1 is 1.05 bits per heavy atom. The fourth-order valence-corrected chi connectivity index (χ4v) is 2.71. The number of nitriles is 1. The first-order valence-electron chi connectivity index (χ1n) is 6.91. The molecule has 2 aromatic rings. The molecule has 0 heterocycles. The Labute approximate surface area is 122 Å². The highest BCUT2D eigenvalue weighted by Crippen LogP contribution is 2.25. The van der Waals surface area contributed by atoms with Crippen LogP contribution in [0.4, 0.5) is 14.5 Å². The van der Waals surface area contributed by atoms with Gasteiger partial charge < -0.3 is 5.32 Å². The first kappa shape index (κ1) is 13.6. The summed E-state index contributed by atoms with van der Waals surface area (Å²) in [6.45, 7) is 0.0577. The van der Waals surface area contributed by atoms with Crippen LogP contribution in [0, 0.1) is 23.0 Å². The number of nitrogens with one attached hydrogen (secondary N) is 1. The van der Waals surface area contributed by atoms with Crippen LogP contribution in [-0.2, 0) is 19.4 Å². The van der Waals surface area contributed by atoms with E-state index in [1.807, 2.05) is 12.1 Å². The number of nitrogens with zero attached hydrogens (tertiary/aromatic N) is 1. The first-order valence-corrected chi connectivity index (χ1v) is 6.91. The molecule has 0 atom stereocenters. The van der Waals surface area contributed by atoms with Gasteiger partial charge in [-0.1, -0.05) is 6.07 Å². The van der Waals surface area contributed by atoms with E-state index in [0.717, 1.165) is 37.1 Å². The Kier molecular flexibility index (Phi) is 3.57. The van der Waals surface area contributed by atoms with Crippen LogP contribution in [0.25, 0.3) is 0 Å². The molecular weight excluding hydrogens is 270 g/mol. The van der Waals surface area contributed by atoms with Crippen molar-refractivity contribution in [2.45, 2.75) is 25.8 Å². The molecule has 0 unspecified atom stereocenters. The topological polar surface area (TPSA) is 35.8 Å². The maximum absolute atomic E-state index is 13.8. The van der Waals surface area contributed by atoms with Gasteiger partial charge in [0.2, 0.25) is 0 Å². The van der Waals surface area contributed by atoms with Crippen LogP contribution in [0.3, 0.4) is 0 Å². The fraction of sp³-hybridized carbons (Fsp3) is 0.235. The second-order valence-corrected chi connectivity index (χ2v) is 5.22. The molecule has 0 aromatic heterocycles. The summed E-state index contributed by atoms with van der Waals surface area (Å²) < 4.78 is 27.6. The van der Waals surface area contributed by atoms with Crippen LogP contribution in [0.1, 0.15) is 28.7 Å². The minimum atomic E-state index is -0.694. The van der Waals surface area contributed by atoms with Gasteiger partial charge in [0.15, 0.2) is 0 Å². The van der Waals surface area contributed by atoms with E-state index in [-0.39, 0.29) is 17.7 Å². The molecule has 0 spiro atoms. The SMILES string of the molecule is N#Cc1cc(F)c(CNc2ccc3c(c2)CCC3)c(F)c1. The largest absolute Gasteiger partial charge is 0.381 e. The molecule has 0 aliphatic heterocycles. The normalized spacial score (nSPS) is 12.8. The molecule has 0 radical (unpaired) electrons. The van der Waals surface area contributed by atoms with E-state index in [1.54, 1.807) is 6.07 Å². The Morgan fingerprint density at radius 2 is 1.76 bits per heavy atom. The smallest absolute Gasteiger partial charge is 0.132 e. The number of fused-ring (bicyclic) bond motifs is 1. The van der Waals surface area contributed by atoms with Gasteiger partial charge in [0.1, 0.15) is 11.6 Å². The first-order chi connectivity index (χ1) is 10.2. The minimum absolute atomic E-state index is 0.00807. The average molecular weight is 284 g/mol. The van der Waals surface area contributed by atoms with Crippen LogP contribution in [-0.4, -0.2) is 0 Å². The van der Waals surface area contributed by atoms with E-state index in [9.17, 15) is 8.78 Å². The van der Waals surface area contributed by atoms with Crippen molar-refractivity contribution in [2.75, 3.05) is 5.32 Å². The summed E-state index contributed by atoms with van der Waals surface area (Å²) in [4.78, 5) is 0. The maximum atomic E-state index is 13.8. The standard InChI is InChI=1S/C17H14F2N2/c18-16-6-11(9-20)7-17(19)15(16)10-21-14-5-4-12-2-1-3-13(12)8-14/h4-8,21H,1-3,10H2. The van der Waals surface area contributed by atoms with Gasteiger partial charge in [-0.25, -0.2) is 8.78 Å². The van der Waals surface area contributed by atoms with Gasteiger partial charge >= 0.3 is 0 Å². The summed E-state index contributed by atoms with van der Waals surface area (Å²) in [5.74, 6) is -1.39. The molecule has 4 heteroatoms. The van der Waals surface area contributed by atoms with E-state index in [4.69, 9.17) is 5.26 Å². The lowest BCUT2D eigenvalue weighted by Gasteiger charge is -2.10. The highest BCUT2D eigenvalue weighted by atomic mass is 19.1. The van der Waals surface area contributed by atoms with Crippen molar-refractivity contribution in [3.05, 3.63) is 64.2 Å². The van der Waals surface area contributed by atoms with Crippen molar-refractivity contribution < 1.29 is 8.78 Å². The summed E-state index contributed by atoms with van der Waals surface area (Å²) in [7, 11) is 0. The van der Waals surface area contributed by atoms with Gasteiger partial charge in [-0.2, -0.15) is 5.26 Å².